The molecule has 1 unspecified atom stereocenters. The summed E-state index contributed by atoms with van der Waals surface area (Å²) >= 11 is 0. The number of carbonyl (C=O) groups is 2. The van der Waals surface area contributed by atoms with Crippen LogP contribution in [0.1, 0.15) is 30.9 Å². The summed E-state index contributed by atoms with van der Waals surface area (Å²) in [6, 6.07) is 6.24. The Morgan fingerprint density at radius 2 is 2.14 bits per heavy atom. The molecule has 2 aliphatic rings. The number of nitrogens with one attached hydrogen (secondary N) is 3. The first-order valence-electron chi connectivity index (χ1n) is 9.45. The first kappa shape index (κ1) is 20.6. The summed E-state index contributed by atoms with van der Waals surface area (Å²) in [5, 5.41) is 24.4. The van der Waals surface area contributed by atoms with Gasteiger partial charge in [0.2, 0.25) is 11.8 Å². The third-order valence-electron chi connectivity index (χ3n) is 5.64. The van der Waals surface area contributed by atoms with Gasteiger partial charge in [0.1, 0.15) is 0 Å². The zero-order valence-electron chi connectivity index (χ0n) is 15.8. The van der Waals surface area contributed by atoms with Gasteiger partial charge in [0.25, 0.3) is 0 Å². The monoisotopic (exact) mass is 407 g/mol. The molecule has 8 nitrogen and oxygen atoms in total. The molecule has 4 rings (SSSR count). The number of aromatic nitrogens is 2. The molecular weight excluding hydrogens is 382 g/mol. The van der Waals surface area contributed by atoms with Crippen LogP contribution in [0.25, 0.3) is 10.9 Å². The number of carbonyl (C=O) groups excluding carboxylic acids is 2. The highest BCUT2D eigenvalue weighted by atomic mass is 35.5. The van der Waals surface area contributed by atoms with E-state index in [4.69, 9.17) is 0 Å². The van der Waals surface area contributed by atoms with Crippen molar-refractivity contribution in [2.45, 2.75) is 31.2 Å². The topological polar surface area (TPSA) is 108 Å². The fraction of sp³-hybridized carbons (Fsp3) is 0.526. The van der Waals surface area contributed by atoms with E-state index in [-0.39, 0.29) is 42.8 Å². The Morgan fingerprint density at radius 3 is 2.89 bits per heavy atom. The number of nitrogens with zero attached hydrogens (tertiary/aromatic N) is 2. The number of aryl methyl sites for hydroxylation is 1. The quantitative estimate of drug-likeness (QED) is 0.561. The largest absolute Gasteiger partial charge is 0.396 e. The average molecular weight is 408 g/mol. The van der Waals surface area contributed by atoms with Gasteiger partial charge in [0.05, 0.1) is 17.1 Å². The van der Waals surface area contributed by atoms with E-state index in [1.54, 1.807) is 4.68 Å². The lowest BCUT2D eigenvalue weighted by Crippen LogP contribution is -2.45. The first-order valence-corrected chi connectivity index (χ1v) is 9.45. The zero-order chi connectivity index (χ0) is 19.0. The Balaban J connectivity index is 0.00000225. The van der Waals surface area contributed by atoms with Crippen molar-refractivity contribution >= 4 is 40.8 Å². The van der Waals surface area contributed by atoms with Crippen LogP contribution in [0.5, 0.6) is 0 Å². The minimum Gasteiger partial charge on any atom is -0.396 e. The van der Waals surface area contributed by atoms with E-state index in [1.807, 2.05) is 25.2 Å². The fourth-order valence-electron chi connectivity index (χ4n) is 4.11. The molecule has 9 heteroatoms. The second-order valence-corrected chi connectivity index (χ2v) is 7.43. The summed E-state index contributed by atoms with van der Waals surface area (Å²) in [5.74, 6) is -0.703. The normalized spacial score (nSPS) is 25.3. The molecule has 4 N–H and O–H groups in total. The maximum absolute atomic E-state index is 12.2. The summed E-state index contributed by atoms with van der Waals surface area (Å²) < 4.78 is 1.78. The van der Waals surface area contributed by atoms with Crippen LogP contribution in [0.4, 0.5) is 5.69 Å². The number of fused-ring (bicyclic) bond motifs is 1. The highest BCUT2D eigenvalue weighted by molar-refractivity contribution is 6.02. The van der Waals surface area contributed by atoms with E-state index in [9.17, 15) is 14.7 Å². The molecule has 0 spiro atoms. The van der Waals surface area contributed by atoms with E-state index in [2.05, 4.69) is 21.0 Å². The van der Waals surface area contributed by atoms with Gasteiger partial charge in [-0.3, -0.25) is 19.6 Å². The van der Waals surface area contributed by atoms with Gasteiger partial charge in [-0.25, -0.2) is 0 Å². The Morgan fingerprint density at radius 1 is 1.32 bits per heavy atom. The van der Waals surface area contributed by atoms with Crippen LogP contribution in [0.3, 0.4) is 0 Å². The van der Waals surface area contributed by atoms with E-state index < -0.39 is 5.92 Å². The van der Waals surface area contributed by atoms with Gasteiger partial charge in [0.15, 0.2) is 0 Å². The number of anilines is 1. The first-order chi connectivity index (χ1) is 13.1. The van der Waals surface area contributed by atoms with Crippen molar-refractivity contribution in [3.05, 3.63) is 23.9 Å². The van der Waals surface area contributed by atoms with Crippen molar-refractivity contribution in [3.63, 3.8) is 0 Å². The predicted octanol–water partition coefficient (Wildman–Crippen LogP) is 0.898. The van der Waals surface area contributed by atoms with Crippen molar-refractivity contribution in [2.75, 3.05) is 25.0 Å². The minimum atomic E-state index is -0.395. The number of amides is 2. The fourth-order valence-corrected chi connectivity index (χ4v) is 4.11. The summed E-state index contributed by atoms with van der Waals surface area (Å²) in [7, 11) is 1.86. The number of halogens is 1. The van der Waals surface area contributed by atoms with Crippen LogP contribution < -0.4 is 16.0 Å². The van der Waals surface area contributed by atoms with Crippen molar-refractivity contribution in [2.24, 2.45) is 13.0 Å². The minimum absolute atomic E-state index is 0. The number of piperidine rings is 2. The molecule has 0 radical (unpaired) electrons. The molecule has 2 amide bonds. The Hall–Kier alpha value is -2.16. The number of benzene rings is 1. The van der Waals surface area contributed by atoms with Crippen LogP contribution in [-0.2, 0) is 16.6 Å². The molecule has 2 fully saturated rings. The van der Waals surface area contributed by atoms with Crippen molar-refractivity contribution in [1.29, 1.82) is 0 Å². The van der Waals surface area contributed by atoms with Crippen LogP contribution >= 0.6 is 12.4 Å². The van der Waals surface area contributed by atoms with Gasteiger partial charge >= 0.3 is 0 Å². The molecule has 3 atom stereocenters. The summed E-state index contributed by atoms with van der Waals surface area (Å²) in [4.78, 5) is 23.6. The number of rotatable bonds is 4. The number of aliphatic hydroxyl groups excluding tert-OH is 1. The zero-order valence-corrected chi connectivity index (χ0v) is 16.6. The van der Waals surface area contributed by atoms with E-state index in [1.165, 1.54) is 0 Å². The van der Waals surface area contributed by atoms with Crippen LogP contribution in [-0.4, -0.2) is 52.4 Å². The van der Waals surface area contributed by atoms with Gasteiger partial charge in [-0.2, -0.15) is 5.10 Å². The average Bonchev–Trinajstić information content (AvgIpc) is 2.98. The van der Waals surface area contributed by atoms with Gasteiger partial charge in [-0.1, -0.05) is 0 Å². The third kappa shape index (κ3) is 3.85. The summed E-state index contributed by atoms with van der Waals surface area (Å²) in [6.45, 7) is 1.89. The van der Waals surface area contributed by atoms with Crippen molar-refractivity contribution in [3.8, 4) is 0 Å². The number of imide groups is 1. The van der Waals surface area contributed by atoms with Crippen LogP contribution in [0.2, 0.25) is 0 Å². The standard InChI is InChI=1S/C19H25N5O3.ClH/c1-24-16-8-12(21-15-6-7-20-9-11(15)10-25)2-3-13(16)18(23-24)14-4-5-17(26)22-19(14)27;/h2-3,8,11,14-15,20-21,25H,4-7,9-10H2,1H3,(H,22,26,27);1H/t11-,14?,15-;/m1./s1. The maximum atomic E-state index is 12.2. The maximum Gasteiger partial charge on any atom is 0.235 e. The number of aliphatic hydroxyl groups is 1. The summed E-state index contributed by atoms with van der Waals surface area (Å²) in [5.41, 5.74) is 2.64. The van der Waals surface area contributed by atoms with Gasteiger partial charge in [-0.15, -0.1) is 12.4 Å². The predicted molar refractivity (Wildman–Crippen MR) is 109 cm³/mol. The second-order valence-electron chi connectivity index (χ2n) is 7.43. The molecule has 0 aliphatic carbocycles. The molecule has 152 valence electrons. The Labute approximate surface area is 169 Å². The molecule has 3 heterocycles. The lowest BCUT2D eigenvalue weighted by atomic mass is 9.92. The van der Waals surface area contributed by atoms with Gasteiger partial charge in [-0.05, 0) is 37.6 Å². The highest BCUT2D eigenvalue weighted by Crippen LogP contribution is 2.32. The molecule has 0 saturated carbocycles. The van der Waals surface area contributed by atoms with Crippen LogP contribution in [0, 0.1) is 5.92 Å². The smallest absolute Gasteiger partial charge is 0.235 e. The van der Waals surface area contributed by atoms with Gasteiger partial charge < -0.3 is 15.7 Å². The number of hydrogen-bond donors (Lipinski definition) is 4. The van der Waals surface area contributed by atoms with Gasteiger partial charge in [0, 0.05) is 49.7 Å². The molecule has 2 aromatic rings. The second kappa shape index (κ2) is 8.46. The highest BCUT2D eigenvalue weighted by Gasteiger charge is 2.31. The number of hydrogen-bond acceptors (Lipinski definition) is 6. The van der Waals surface area contributed by atoms with E-state index in [0.717, 1.165) is 41.8 Å². The molecule has 0 bridgehead atoms. The SMILES string of the molecule is Cl.Cn1nc(C2CCC(=O)NC2=O)c2ccc(N[C@@H]3CCNC[C@@H]3CO)cc21. The third-order valence-corrected chi connectivity index (χ3v) is 5.64. The molecule has 2 saturated heterocycles. The van der Waals surface area contributed by atoms with Crippen molar-refractivity contribution < 1.29 is 14.7 Å². The molecule has 1 aromatic heterocycles. The van der Waals surface area contributed by atoms with E-state index in [0.29, 0.717) is 12.8 Å². The molecular formula is C19H26ClN5O3. The van der Waals surface area contributed by atoms with Crippen molar-refractivity contribution in [1.82, 2.24) is 20.4 Å². The molecule has 2 aliphatic heterocycles. The Kier molecular flexibility index (Phi) is 6.22. The molecule has 28 heavy (non-hydrogen) atoms. The van der Waals surface area contributed by atoms with Crippen LogP contribution in [0.15, 0.2) is 18.2 Å². The summed E-state index contributed by atoms with van der Waals surface area (Å²) in [6.07, 6.45) is 1.78. The Bertz CT molecular complexity index is 884. The molecule has 1 aromatic carbocycles. The van der Waals surface area contributed by atoms with E-state index >= 15 is 0 Å². The lowest BCUT2D eigenvalue weighted by Gasteiger charge is -2.32. The lowest BCUT2D eigenvalue weighted by molar-refractivity contribution is -0.134.